The largest absolute Gasteiger partial charge is 0.463 e. The third-order valence-corrected chi connectivity index (χ3v) is 5.92. The second-order valence-electron chi connectivity index (χ2n) is 8.19. The number of carbonyl (C=O) groups excluding carboxylic acids is 2. The van der Waals surface area contributed by atoms with E-state index in [1.54, 1.807) is 35.6 Å². The highest BCUT2D eigenvalue weighted by atomic mass is 19.4. The molecule has 1 heterocycles. The van der Waals surface area contributed by atoms with E-state index in [4.69, 9.17) is 4.42 Å². The van der Waals surface area contributed by atoms with Crippen molar-refractivity contribution in [3.05, 3.63) is 54.1 Å². The Labute approximate surface area is 192 Å². The molecule has 0 aliphatic heterocycles. The third kappa shape index (κ3) is 4.46. The minimum atomic E-state index is -5.97. The van der Waals surface area contributed by atoms with Gasteiger partial charge in [0, 0.05) is 31.7 Å². The van der Waals surface area contributed by atoms with E-state index in [-0.39, 0.29) is 20.2 Å². The molecular formula is C23H22F5N3O3. The van der Waals surface area contributed by atoms with Crippen molar-refractivity contribution in [3.63, 3.8) is 0 Å². The Bertz CT molecular complexity index is 1180. The number of hydrogen-bond donors (Lipinski definition) is 1. The summed E-state index contributed by atoms with van der Waals surface area (Å²) < 4.78 is 69.2. The number of oxazole rings is 1. The van der Waals surface area contributed by atoms with Gasteiger partial charge in [0.15, 0.2) is 5.58 Å². The third-order valence-electron chi connectivity index (χ3n) is 5.92. The van der Waals surface area contributed by atoms with Crippen LogP contribution in [0, 0.1) is 0 Å². The predicted molar refractivity (Wildman–Crippen MR) is 114 cm³/mol. The Morgan fingerprint density at radius 3 is 2.38 bits per heavy atom. The van der Waals surface area contributed by atoms with Crippen LogP contribution in [0.15, 0.2) is 52.9 Å². The summed E-state index contributed by atoms with van der Waals surface area (Å²) >= 11 is 0. The minimum absolute atomic E-state index is 0. The molecule has 2 aromatic carbocycles. The summed E-state index contributed by atoms with van der Waals surface area (Å²) in [6, 6.07) is 12.5. The first-order valence-electron chi connectivity index (χ1n) is 10.5. The Kier molecular flexibility index (Phi) is 6.05. The zero-order valence-electron chi connectivity index (χ0n) is 17.9. The number of fused-ring (bicyclic) bond motifs is 1. The maximum atomic E-state index is 13.2. The van der Waals surface area contributed by atoms with Crippen LogP contribution in [0.1, 0.15) is 31.0 Å². The van der Waals surface area contributed by atoms with Crippen LogP contribution in [0.2, 0.25) is 0 Å². The van der Waals surface area contributed by atoms with E-state index in [0.717, 1.165) is 0 Å². The molecule has 34 heavy (non-hydrogen) atoms. The number of nitrogens with one attached hydrogen (secondary N) is 1. The van der Waals surface area contributed by atoms with Crippen LogP contribution in [-0.2, 0) is 4.79 Å². The molecule has 0 bridgehead atoms. The number of nitrogens with zero attached hydrogens (tertiary/aromatic N) is 2. The fraction of sp³-hybridized carbons (Fsp3) is 0.348. The number of para-hydroxylation sites is 2. The monoisotopic (exact) mass is 483 g/mol. The molecule has 1 N–H and O–H groups in total. The average Bonchev–Trinajstić information content (AvgIpc) is 3.44. The smallest absolute Gasteiger partial charge is 0.436 e. The molecule has 0 radical (unpaired) electrons. The fourth-order valence-corrected chi connectivity index (χ4v) is 3.97. The van der Waals surface area contributed by atoms with E-state index < -0.39 is 30.1 Å². The second kappa shape index (κ2) is 8.69. The van der Waals surface area contributed by atoms with Crippen molar-refractivity contribution >= 4 is 22.9 Å². The highest BCUT2D eigenvalue weighted by Gasteiger charge is 2.63. The molecule has 2 amide bonds. The van der Waals surface area contributed by atoms with Gasteiger partial charge in [-0.3, -0.25) is 9.59 Å². The first kappa shape index (κ1) is 23.7. The highest BCUT2D eigenvalue weighted by molar-refractivity contribution is 5.94. The van der Waals surface area contributed by atoms with Crippen molar-refractivity contribution in [2.24, 2.45) is 0 Å². The summed E-state index contributed by atoms with van der Waals surface area (Å²) in [6.07, 6.45) is -5.36. The van der Waals surface area contributed by atoms with Crippen molar-refractivity contribution < 1.29 is 37.4 Å². The number of rotatable bonds is 5. The van der Waals surface area contributed by atoms with E-state index in [1.807, 2.05) is 18.2 Å². The molecule has 0 spiro atoms. The van der Waals surface area contributed by atoms with Gasteiger partial charge >= 0.3 is 18.0 Å². The summed E-state index contributed by atoms with van der Waals surface area (Å²) in [5.41, 5.74) is 2.37. The van der Waals surface area contributed by atoms with E-state index >= 15 is 0 Å². The van der Waals surface area contributed by atoms with Crippen molar-refractivity contribution in [2.45, 2.75) is 43.4 Å². The second-order valence-corrected chi connectivity index (χ2v) is 8.19. The Balaban J connectivity index is 0.00000342. The van der Waals surface area contributed by atoms with E-state index in [1.165, 1.54) is 11.9 Å². The predicted octanol–water partition coefficient (Wildman–Crippen LogP) is 5.05. The van der Waals surface area contributed by atoms with E-state index in [9.17, 15) is 31.5 Å². The summed E-state index contributed by atoms with van der Waals surface area (Å²) in [5.74, 6) is -7.79. The van der Waals surface area contributed by atoms with Gasteiger partial charge in [-0.15, -0.1) is 0 Å². The number of benzene rings is 2. The Hall–Kier alpha value is -3.50. The van der Waals surface area contributed by atoms with Crippen molar-refractivity contribution in [2.75, 3.05) is 7.05 Å². The first-order chi connectivity index (χ1) is 16.0. The van der Waals surface area contributed by atoms with Gasteiger partial charge in [-0.1, -0.05) is 12.1 Å². The molecule has 1 fully saturated rings. The summed E-state index contributed by atoms with van der Waals surface area (Å²) in [4.78, 5) is 30.1. The number of aromatic nitrogens is 1. The lowest BCUT2D eigenvalue weighted by atomic mass is 10.1. The molecule has 1 aliphatic carbocycles. The molecule has 0 saturated heterocycles. The number of carbonyl (C=O) groups is 2. The summed E-state index contributed by atoms with van der Waals surface area (Å²) in [5, 5.41) is 1.76. The summed E-state index contributed by atoms with van der Waals surface area (Å²) in [7, 11) is 1.52. The number of amides is 2. The van der Waals surface area contributed by atoms with Crippen molar-refractivity contribution in [3.8, 4) is 11.5 Å². The van der Waals surface area contributed by atoms with Gasteiger partial charge in [-0.2, -0.15) is 22.0 Å². The quantitative estimate of drug-likeness (QED) is 0.516. The molecule has 3 aromatic rings. The average molecular weight is 483 g/mol. The highest BCUT2D eigenvalue weighted by Crippen LogP contribution is 2.36. The lowest BCUT2D eigenvalue weighted by Crippen LogP contribution is -2.52. The van der Waals surface area contributed by atoms with Crippen LogP contribution in [0.4, 0.5) is 22.0 Å². The molecule has 1 aliphatic rings. The maximum Gasteiger partial charge on any atom is 0.463 e. The van der Waals surface area contributed by atoms with Crippen LogP contribution in [-0.4, -0.2) is 52.9 Å². The zero-order valence-corrected chi connectivity index (χ0v) is 17.9. The molecule has 6 nitrogen and oxygen atoms in total. The number of halogens is 5. The molecular weight excluding hydrogens is 461 g/mol. The van der Waals surface area contributed by atoms with Gasteiger partial charge in [-0.25, -0.2) is 4.98 Å². The van der Waals surface area contributed by atoms with E-state index in [2.05, 4.69) is 4.98 Å². The van der Waals surface area contributed by atoms with Crippen LogP contribution in [0.3, 0.4) is 0 Å². The summed E-state index contributed by atoms with van der Waals surface area (Å²) in [6.45, 7) is 0. The SMILES string of the molecule is CN(C(=O)c1ccc(-c2nc3ccccc3o2)cc1)[C@@H]1CC[C@H](NC(=O)C(F)(F)C(F)(F)F)C1.[HH]. The topological polar surface area (TPSA) is 75.4 Å². The van der Waals surface area contributed by atoms with Crippen LogP contribution in [0.5, 0.6) is 0 Å². The fourth-order valence-electron chi connectivity index (χ4n) is 3.97. The van der Waals surface area contributed by atoms with Crippen LogP contribution >= 0.6 is 0 Å². The standard InChI is InChI=1S/C23H20F5N3O3.H2/c1-31(16-11-10-15(12-16)29-21(33)22(24,25)23(26,27)28)20(32)14-8-6-13(7-9-14)19-30-17-4-2-3-5-18(17)34-19;/h2-9,15-16H,10-12H2,1H3,(H,29,33);1H/t15-,16+;/m0./s1. The number of alkyl halides is 5. The zero-order chi connectivity index (χ0) is 24.7. The van der Waals surface area contributed by atoms with Gasteiger partial charge < -0.3 is 14.6 Å². The number of hydrogen-bond acceptors (Lipinski definition) is 4. The van der Waals surface area contributed by atoms with Crippen LogP contribution < -0.4 is 5.32 Å². The van der Waals surface area contributed by atoms with Crippen molar-refractivity contribution in [1.29, 1.82) is 0 Å². The lowest BCUT2D eigenvalue weighted by molar-refractivity contribution is -0.270. The molecule has 1 aromatic heterocycles. The normalized spacial score (nSPS) is 18.8. The molecule has 1 saturated carbocycles. The first-order valence-corrected chi connectivity index (χ1v) is 10.5. The molecule has 0 unspecified atom stereocenters. The minimum Gasteiger partial charge on any atom is -0.436 e. The van der Waals surface area contributed by atoms with Gasteiger partial charge in [0.05, 0.1) is 0 Å². The van der Waals surface area contributed by atoms with E-state index in [0.29, 0.717) is 34.5 Å². The maximum absolute atomic E-state index is 13.2. The lowest BCUT2D eigenvalue weighted by Gasteiger charge is -2.25. The molecule has 11 heteroatoms. The van der Waals surface area contributed by atoms with Crippen LogP contribution in [0.25, 0.3) is 22.6 Å². The van der Waals surface area contributed by atoms with Gasteiger partial charge in [0.25, 0.3) is 5.91 Å². The Morgan fingerprint density at radius 1 is 1.06 bits per heavy atom. The molecule has 2 atom stereocenters. The molecule has 4 rings (SSSR count). The Morgan fingerprint density at radius 2 is 1.74 bits per heavy atom. The van der Waals surface area contributed by atoms with Gasteiger partial charge in [0.2, 0.25) is 5.89 Å². The van der Waals surface area contributed by atoms with Crippen molar-refractivity contribution in [1.82, 2.24) is 15.2 Å². The van der Waals surface area contributed by atoms with Gasteiger partial charge in [-0.05, 0) is 55.7 Å². The van der Waals surface area contributed by atoms with Gasteiger partial charge in [0.1, 0.15) is 5.52 Å². The molecule has 182 valence electrons.